The molecule has 0 amide bonds. The summed E-state index contributed by atoms with van der Waals surface area (Å²) in [5.41, 5.74) is 0. The number of rotatable bonds is 12. The van der Waals surface area contributed by atoms with Crippen LogP contribution < -0.4 is 0 Å². The van der Waals surface area contributed by atoms with E-state index < -0.39 is 7.26 Å². The molecule has 0 N–H and O–H groups in total. The molecule has 0 bridgehead atoms. The average Bonchev–Trinajstić information content (AvgIpc) is 2.37. The van der Waals surface area contributed by atoms with E-state index in [0.29, 0.717) is 0 Å². The largest absolute Gasteiger partial charge is 1.00 e. The van der Waals surface area contributed by atoms with Crippen molar-refractivity contribution in [3.8, 4) is 0 Å². The van der Waals surface area contributed by atoms with Gasteiger partial charge in [0.2, 0.25) is 0 Å². The third-order valence-electron chi connectivity index (χ3n) is 4.24. The summed E-state index contributed by atoms with van der Waals surface area (Å²) in [6, 6.07) is 0. The molecule has 0 heterocycles. The van der Waals surface area contributed by atoms with Gasteiger partial charge >= 0.3 is 112 Å². The van der Waals surface area contributed by atoms with Crippen LogP contribution in [0.1, 0.15) is 80.5 Å². The quantitative estimate of drug-likeness (QED) is 0.375. The molecule has 0 aromatic rings. The maximum absolute atomic E-state index is 2.36. The maximum Gasteiger partial charge on any atom is 1.00 e. The van der Waals surface area contributed by atoms with Crippen LogP contribution in [0.5, 0.6) is 0 Å². The van der Waals surface area contributed by atoms with Gasteiger partial charge in [0.15, 0.2) is 0 Å². The minimum absolute atomic E-state index is 0. The molecule has 106 valence electrons. The Kier molecular flexibility index (Phi) is 11.8. The summed E-state index contributed by atoms with van der Waals surface area (Å²) in [4.78, 5) is 0. The number of hydrogen-bond donors (Lipinski definition) is 0. The van der Waals surface area contributed by atoms with Crippen LogP contribution in [-0.2, 0) is 0 Å². The van der Waals surface area contributed by atoms with E-state index in [-0.39, 0.29) is 1.43 Å². The zero-order chi connectivity index (χ0) is 13.0. The zero-order valence-electron chi connectivity index (χ0n) is 14.0. The molecule has 0 aliphatic carbocycles. The Bertz CT molecular complexity index is 122. The summed E-state index contributed by atoms with van der Waals surface area (Å²) in [6.07, 6.45) is 18.1. The van der Waals surface area contributed by atoms with Gasteiger partial charge in [0.1, 0.15) is 0 Å². The number of unbranched alkanes of at least 4 members (excludes halogenated alkanes) is 4. The van der Waals surface area contributed by atoms with E-state index in [1.807, 2.05) is 0 Å². The van der Waals surface area contributed by atoms with Gasteiger partial charge in [0, 0.05) is 0 Å². The van der Waals surface area contributed by atoms with Crippen molar-refractivity contribution in [2.75, 3.05) is 24.6 Å². The predicted octanol–water partition coefficient (Wildman–Crippen LogP) is 6.05. The molecule has 0 aliphatic rings. The fraction of sp³-hybridized carbons (Fsp3) is 1.00. The summed E-state index contributed by atoms with van der Waals surface area (Å²) in [7, 11) is -0.879. The first kappa shape index (κ1) is 17.4. The monoisotopic (exact) mass is 261 g/mol. The van der Waals surface area contributed by atoms with E-state index in [1.165, 1.54) is 51.4 Å². The van der Waals surface area contributed by atoms with Gasteiger partial charge in [0.05, 0.1) is 0 Å². The second-order valence-electron chi connectivity index (χ2n) is 5.91. The minimum atomic E-state index is -0.879. The number of hydrogen-bond acceptors (Lipinski definition) is 0. The van der Waals surface area contributed by atoms with Crippen LogP contribution in [-0.4, -0.2) is 24.6 Å². The fourth-order valence-corrected chi connectivity index (χ4v) is 8.87. The van der Waals surface area contributed by atoms with Crippen molar-refractivity contribution in [1.82, 2.24) is 0 Å². The first-order chi connectivity index (χ1) is 8.24. The molecule has 0 radical (unpaired) electrons. The maximum atomic E-state index is 2.36. The molecule has 0 rings (SSSR count). The van der Waals surface area contributed by atoms with E-state index in [0.717, 1.165) is 0 Å². The Balaban J connectivity index is 0. The minimum Gasteiger partial charge on any atom is 1.00 e. The molecule has 0 saturated carbocycles. The molecule has 0 saturated heterocycles. The van der Waals surface area contributed by atoms with Crippen molar-refractivity contribution in [2.24, 2.45) is 0 Å². The standard InChI is InChI=1S/C16H37P/c1-5-9-13-17(14-10-6-2,15-11-7-3)16-12-8-4/h17H,5-16H2,1-4H3/p+1. The molecule has 1 heteroatoms. The molecule has 0 nitrogen and oxygen atoms in total. The third-order valence-corrected chi connectivity index (χ3v) is 9.90. The van der Waals surface area contributed by atoms with E-state index >= 15 is 0 Å². The zero-order valence-corrected chi connectivity index (χ0v) is 14.0. The van der Waals surface area contributed by atoms with Gasteiger partial charge in [-0.25, -0.2) is 0 Å². The van der Waals surface area contributed by atoms with Crippen molar-refractivity contribution in [1.29, 1.82) is 0 Å². The van der Waals surface area contributed by atoms with Crippen LogP contribution in [0.15, 0.2) is 0 Å². The fourth-order valence-electron chi connectivity index (χ4n) is 2.96. The first-order valence-corrected chi connectivity index (χ1v) is 11.1. The molecule has 0 spiro atoms. The van der Waals surface area contributed by atoms with E-state index in [1.54, 1.807) is 24.6 Å². The van der Waals surface area contributed by atoms with Crippen LogP contribution >= 0.6 is 7.26 Å². The third kappa shape index (κ3) is 8.20. The van der Waals surface area contributed by atoms with Crippen molar-refractivity contribution >= 4 is 7.26 Å². The molecule has 0 aliphatic heterocycles. The van der Waals surface area contributed by atoms with Gasteiger partial charge in [-0.1, -0.05) is 0 Å². The SMILES string of the molecule is CCCC[PH](CCCC)(CCCC)CCCC.[H+]. The van der Waals surface area contributed by atoms with Gasteiger partial charge in [-0.15, -0.1) is 0 Å². The Morgan fingerprint density at radius 1 is 0.529 bits per heavy atom. The molecule has 0 atom stereocenters. The van der Waals surface area contributed by atoms with Crippen LogP contribution in [0.2, 0.25) is 0 Å². The first-order valence-electron chi connectivity index (χ1n) is 8.24. The van der Waals surface area contributed by atoms with Crippen LogP contribution in [0.3, 0.4) is 0 Å². The molecule has 0 aromatic heterocycles. The molecular formula is C16H38P+. The van der Waals surface area contributed by atoms with Crippen LogP contribution in [0, 0.1) is 0 Å². The molecule has 0 fully saturated rings. The summed E-state index contributed by atoms with van der Waals surface area (Å²) < 4.78 is 0. The second kappa shape index (κ2) is 11.5. The van der Waals surface area contributed by atoms with Gasteiger partial charge in [0.25, 0.3) is 0 Å². The smallest absolute Gasteiger partial charge is 1.00 e. The van der Waals surface area contributed by atoms with E-state index in [2.05, 4.69) is 27.7 Å². The van der Waals surface area contributed by atoms with E-state index in [9.17, 15) is 0 Å². The van der Waals surface area contributed by atoms with Gasteiger partial charge in [-0.2, -0.15) is 0 Å². The second-order valence-corrected chi connectivity index (χ2v) is 10.9. The Morgan fingerprint density at radius 2 is 0.765 bits per heavy atom. The topological polar surface area (TPSA) is 0 Å². The summed E-state index contributed by atoms with van der Waals surface area (Å²) in [5.74, 6) is 0. The summed E-state index contributed by atoms with van der Waals surface area (Å²) in [6.45, 7) is 9.44. The van der Waals surface area contributed by atoms with Crippen molar-refractivity contribution in [3.63, 3.8) is 0 Å². The van der Waals surface area contributed by atoms with Gasteiger partial charge in [-0.3, -0.25) is 0 Å². The van der Waals surface area contributed by atoms with E-state index in [4.69, 9.17) is 0 Å². The predicted molar refractivity (Wildman–Crippen MR) is 88.5 cm³/mol. The van der Waals surface area contributed by atoms with Gasteiger partial charge in [-0.05, 0) is 0 Å². The normalized spacial score (nSPS) is 12.9. The Hall–Kier alpha value is 0.430. The molecule has 17 heavy (non-hydrogen) atoms. The van der Waals surface area contributed by atoms with Crippen molar-refractivity contribution < 1.29 is 1.43 Å². The molecule has 0 aromatic carbocycles. The Labute approximate surface area is 113 Å². The van der Waals surface area contributed by atoms with Gasteiger partial charge < -0.3 is 0 Å². The van der Waals surface area contributed by atoms with Crippen LogP contribution in [0.25, 0.3) is 0 Å². The molecular weight excluding hydrogens is 223 g/mol. The van der Waals surface area contributed by atoms with Crippen molar-refractivity contribution in [3.05, 3.63) is 0 Å². The van der Waals surface area contributed by atoms with Crippen molar-refractivity contribution in [2.45, 2.75) is 79.1 Å². The average molecular weight is 261 g/mol. The van der Waals surface area contributed by atoms with Crippen LogP contribution in [0.4, 0.5) is 0 Å². The Morgan fingerprint density at radius 3 is 0.941 bits per heavy atom. The summed E-state index contributed by atoms with van der Waals surface area (Å²) >= 11 is 0. The molecule has 0 unspecified atom stereocenters. The summed E-state index contributed by atoms with van der Waals surface area (Å²) in [5, 5.41) is 0.